The average Bonchev–Trinajstić information content (AvgIpc) is 2.76. The molecule has 1 aliphatic rings. The van der Waals surface area contributed by atoms with Crippen LogP contribution >= 0.6 is 0 Å². The van der Waals surface area contributed by atoms with Gasteiger partial charge in [-0.3, -0.25) is 4.90 Å². The van der Waals surface area contributed by atoms with Crippen LogP contribution < -0.4 is 5.32 Å². The number of nitrogens with zero attached hydrogens (tertiary/aromatic N) is 1. The molecule has 0 aromatic heterocycles. The third kappa shape index (κ3) is 3.55. The highest BCUT2D eigenvalue weighted by molar-refractivity contribution is 5.30. The van der Waals surface area contributed by atoms with Gasteiger partial charge in [-0.05, 0) is 37.4 Å². The van der Waals surface area contributed by atoms with Gasteiger partial charge in [0.2, 0.25) is 0 Å². The fourth-order valence-electron chi connectivity index (χ4n) is 2.43. The number of hydrogen-bond donors (Lipinski definition) is 1. The van der Waals surface area contributed by atoms with E-state index in [1.807, 2.05) is 0 Å². The van der Waals surface area contributed by atoms with Crippen molar-refractivity contribution in [3.05, 3.63) is 35.4 Å². The molecular weight excluding hydrogens is 208 g/mol. The molecule has 0 bridgehead atoms. The van der Waals surface area contributed by atoms with Crippen molar-refractivity contribution >= 4 is 0 Å². The molecule has 0 radical (unpaired) electrons. The summed E-state index contributed by atoms with van der Waals surface area (Å²) in [6, 6.07) is 9.45. The van der Waals surface area contributed by atoms with E-state index in [9.17, 15) is 0 Å². The van der Waals surface area contributed by atoms with Crippen LogP contribution in [0.3, 0.4) is 0 Å². The quantitative estimate of drug-likeness (QED) is 0.811. The molecule has 0 saturated carbocycles. The summed E-state index contributed by atoms with van der Waals surface area (Å²) >= 11 is 0. The van der Waals surface area contributed by atoms with Gasteiger partial charge in [0.05, 0.1) is 0 Å². The first kappa shape index (κ1) is 12.6. The van der Waals surface area contributed by atoms with Gasteiger partial charge in [-0.25, -0.2) is 0 Å². The predicted molar refractivity (Wildman–Crippen MR) is 72.9 cm³/mol. The minimum atomic E-state index is 0.638. The van der Waals surface area contributed by atoms with Crippen molar-refractivity contribution in [3.8, 4) is 0 Å². The van der Waals surface area contributed by atoms with E-state index in [0.717, 1.165) is 19.6 Å². The maximum absolute atomic E-state index is 3.55. The summed E-state index contributed by atoms with van der Waals surface area (Å²) in [4.78, 5) is 2.55. The first-order valence-electron chi connectivity index (χ1n) is 6.82. The monoisotopic (exact) mass is 232 g/mol. The summed E-state index contributed by atoms with van der Waals surface area (Å²) in [5.41, 5.74) is 3.03. The Morgan fingerprint density at radius 1 is 1.24 bits per heavy atom. The predicted octanol–water partition coefficient (Wildman–Crippen LogP) is 2.78. The first-order valence-corrected chi connectivity index (χ1v) is 6.82. The standard InChI is InChI=1S/C15H24N2/c1-3-9-16-13(2)8-10-17-11-14-6-4-5-7-15(14)12-17/h4-7,13,16H,3,8-12H2,1-2H3. The zero-order valence-electron chi connectivity index (χ0n) is 11.1. The lowest BCUT2D eigenvalue weighted by atomic mass is 10.1. The first-order chi connectivity index (χ1) is 8.29. The Bertz CT molecular complexity index is 324. The largest absolute Gasteiger partial charge is 0.314 e. The molecule has 0 spiro atoms. The topological polar surface area (TPSA) is 15.3 Å². The van der Waals surface area contributed by atoms with E-state index in [1.54, 1.807) is 0 Å². The zero-order valence-corrected chi connectivity index (χ0v) is 11.1. The second-order valence-electron chi connectivity index (χ2n) is 5.12. The number of hydrogen-bond acceptors (Lipinski definition) is 2. The second-order valence-corrected chi connectivity index (χ2v) is 5.12. The van der Waals surface area contributed by atoms with E-state index in [0.29, 0.717) is 6.04 Å². The molecule has 2 heteroatoms. The SMILES string of the molecule is CCCNC(C)CCN1Cc2ccccc2C1. The van der Waals surface area contributed by atoms with Gasteiger partial charge in [0.25, 0.3) is 0 Å². The van der Waals surface area contributed by atoms with Gasteiger partial charge in [0, 0.05) is 25.7 Å². The van der Waals surface area contributed by atoms with Crippen LogP contribution in [-0.2, 0) is 13.1 Å². The van der Waals surface area contributed by atoms with E-state index in [4.69, 9.17) is 0 Å². The van der Waals surface area contributed by atoms with Crippen molar-refractivity contribution in [2.75, 3.05) is 13.1 Å². The van der Waals surface area contributed by atoms with E-state index < -0.39 is 0 Å². The Balaban J connectivity index is 1.73. The van der Waals surface area contributed by atoms with E-state index in [-0.39, 0.29) is 0 Å². The summed E-state index contributed by atoms with van der Waals surface area (Å²) in [7, 11) is 0. The lowest BCUT2D eigenvalue weighted by Gasteiger charge is -2.19. The summed E-state index contributed by atoms with van der Waals surface area (Å²) in [5.74, 6) is 0. The van der Waals surface area contributed by atoms with Crippen LogP contribution in [0.25, 0.3) is 0 Å². The lowest BCUT2D eigenvalue weighted by molar-refractivity contribution is 0.267. The second kappa shape index (κ2) is 6.18. The lowest BCUT2D eigenvalue weighted by Crippen LogP contribution is -2.31. The van der Waals surface area contributed by atoms with Crippen molar-refractivity contribution in [1.29, 1.82) is 0 Å². The molecule has 1 aromatic rings. The van der Waals surface area contributed by atoms with Crippen molar-refractivity contribution in [2.24, 2.45) is 0 Å². The Morgan fingerprint density at radius 3 is 2.47 bits per heavy atom. The van der Waals surface area contributed by atoms with Gasteiger partial charge in [-0.15, -0.1) is 0 Å². The molecule has 0 fully saturated rings. The third-order valence-electron chi connectivity index (χ3n) is 3.53. The van der Waals surface area contributed by atoms with Gasteiger partial charge in [-0.1, -0.05) is 31.2 Å². The number of rotatable bonds is 6. The van der Waals surface area contributed by atoms with Crippen LogP contribution in [0, 0.1) is 0 Å². The number of nitrogens with one attached hydrogen (secondary N) is 1. The fourth-order valence-corrected chi connectivity index (χ4v) is 2.43. The third-order valence-corrected chi connectivity index (χ3v) is 3.53. The fraction of sp³-hybridized carbons (Fsp3) is 0.600. The van der Waals surface area contributed by atoms with Gasteiger partial charge < -0.3 is 5.32 Å². The average molecular weight is 232 g/mol. The highest BCUT2D eigenvalue weighted by atomic mass is 15.1. The van der Waals surface area contributed by atoms with Crippen LogP contribution in [-0.4, -0.2) is 24.0 Å². The molecule has 1 aromatic carbocycles. The molecule has 94 valence electrons. The molecule has 1 aliphatic heterocycles. The van der Waals surface area contributed by atoms with Crippen LogP contribution in [0.4, 0.5) is 0 Å². The van der Waals surface area contributed by atoms with Crippen LogP contribution in [0.5, 0.6) is 0 Å². The van der Waals surface area contributed by atoms with Gasteiger partial charge >= 0.3 is 0 Å². The van der Waals surface area contributed by atoms with Crippen LogP contribution in [0.15, 0.2) is 24.3 Å². The summed E-state index contributed by atoms with van der Waals surface area (Å²) in [6.45, 7) is 9.12. The van der Waals surface area contributed by atoms with Gasteiger partial charge in [-0.2, -0.15) is 0 Å². The number of benzene rings is 1. The molecule has 0 aliphatic carbocycles. The maximum Gasteiger partial charge on any atom is 0.0240 e. The summed E-state index contributed by atoms with van der Waals surface area (Å²) in [5, 5.41) is 3.55. The number of fused-ring (bicyclic) bond motifs is 1. The summed E-state index contributed by atoms with van der Waals surface area (Å²) in [6.07, 6.45) is 2.47. The highest BCUT2D eigenvalue weighted by Crippen LogP contribution is 2.22. The molecule has 1 heterocycles. The molecule has 0 amide bonds. The molecule has 1 unspecified atom stereocenters. The van der Waals surface area contributed by atoms with Crippen LogP contribution in [0.2, 0.25) is 0 Å². The van der Waals surface area contributed by atoms with Crippen molar-refractivity contribution in [1.82, 2.24) is 10.2 Å². The van der Waals surface area contributed by atoms with Crippen LogP contribution in [0.1, 0.15) is 37.8 Å². The Kier molecular flexibility index (Phi) is 4.57. The van der Waals surface area contributed by atoms with Gasteiger partial charge in [0.1, 0.15) is 0 Å². The van der Waals surface area contributed by atoms with Gasteiger partial charge in [0.15, 0.2) is 0 Å². The highest BCUT2D eigenvalue weighted by Gasteiger charge is 2.17. The van der Waals surface area contributed by atoms with Crippen molar-refractivity contribution in [2.45, 2.75) is 45.8 Å². The molecule has 2 rings (SSSR count). The molecule has 1 atom stereocenters. The minimum Gasteiger partial charge on any atom is -0.314 e. The smallest absolute Gasteiger partial charge is 0.0240 e. The Labute approximate surface area is 105 Å². The molecule has 17 heavy (non-hydrogen) atoms. The Hall–Kier alpha value is -0.860. The van der Waals surface area contributed by atoms with E-state index in [1.165, 1.54) is 30.5 Å². The Morgan fingerprint density at radius 2 is 1.88 bits per heavy atom. The molecule has 2 nitrogen and oxygen atoms in total. The molecule has 1 N–H and O–H groups in total. The zero-order chi connectivity index (χ0) is 12.1. The molecular formula is C15H24N2. The maximum atomic E-state index is 3.55. The summed E-state index contributed by atoms with van der Waals surface area (Å²) < 4.78 is 0. The van der Waals surface area contributed by atoms with Crippen molar-refractivity contribution in [3.63, 3.8) is 0 Å². The van der Waals surface area contributed by atoms with Crippen molar-refractivity contribution < 1.29 is 0 Å². The van der Waals surface area contributed by atoms with E-state index >= 15 is 0 Å². The van der Waals surface area contributed by atoms with E-state index in [2.05, 4.69) is 48.3 Å². The molecule has 0 saturated heterocycles. The minimum absolute atomic E-state index is 0.638. The normalized spacial score (nSPS) is 17.1.